The molecule has 4 heteroatoms. The van der Waals surface area contributed by atoms with E-state index in [1.165, 1.54) is 51.7 Å². The van der Waals surface area contributed by atoms with Gasteiger partial charge in [-0.3, -0.25) is 10.1 Å². The van der Waals surface area contributed by atoms with Gasteiger partial charge >= 0.3 is 0 Å². The van der Waals surface area contributed by atoms with Gasteiger partial charge in [0.15, 0.2) is 0 Å². The molecule has 1 aromatic heterocycles. The van der Waals surface area contributed by atoms with Gasteiger partial charge in [0.1, 0.15) is 5.52 Å². The van der Waals surface area contributed by atoms with Crippen LogP contribution >= 0.6 is 0 Å². The maximum absolute atomic E-state index is 4.98. The number of rotatable bonds is 8. The predicted octanol–water partition coefficient (Wildman–Crippen LogP) is 5.29. The fraction of sp³-hybridized carbons (Fsp3) is 0.480. The SMILES string of the molecule is CCCNN(Cc1c2cccc(-c3c(C)cc(C)cc3C)c2nn1C)CC1CC1. The van der Waals surface area contributed by atoms with Crippen LogP contribution < -0.4 is 5.43 Å². The summed E-state index contributed by atoms with van der Waals surface area (Å²) in [6.45, 7) is 11.9. The van der Waals surface area contributed by atoms with Crippen LogP contribution in [0.4, 0.5) is 0 Å². The highest BCUT2D eigenvalue weighted by molar-refractivity contribution is 5.96. The van der Waals surface area contributed by atoms with Crippen molar-refractivity contribution in [1.29, 1.82) is 0 Å². The van der Waals surface area contributed by atoms with E-state index in [2.05, 4.69) is 80.2 Å². The molecule has 1 aliphatic rings. The van der Waals surface area contributed by atoms with Crippen molar-refractivity contribution >= 4 is 10.9 Å². The molecule has 0 saturated heterocycles. The molecular weight excluding hydrogens is 356 g/mol. The quantitative estimate of drug-likeness (QED) is 0.530. The Morgan fingerprint density at radius 2 is 1.86 bits per heavy atom. The van der Waals surface area contributed by atoms with Crippen molar-refractivity contribution < 1.29 is 0 Å². The number of hydrazine groups is 1. The van der Waals surface area contributed by atoms with Gasteiger partial charge in [-0.15, -0.1) is 0 Å². The molecule has 1 saturated carbocycles. The predicted molar refractivity (Wildman–Crippen MR) is 122 cm³/mol. The topological polar surface area (TPSA) is 33.1 Å². The lowest BCUT2D eigenvalue weighted by molar-refractivity contribution is 0.166. The summed E-state index contributed by atoms with van der Waals surface area (Å²) in [5.74, 6) is 0.854. The smallest absolute Gasteiger partial charge is 0.100 e. The minimum Gasteiger partial charge on any atom is -0.270 e. The second-order valence-corrected chi connectivity index (χ2v) is 8.78. The van der Waals surface area contributed by atoms with E-state index >= 15 is 0 Å². The summed E-state index contributed by atoms with van der Waals surface area (Å²) in [6, 6.07) is 11.2. The number of aromatic nitrogens is 2. The molecule has 0 atom stereocenters. The van der Waals surface area contributed by atoms with Crippen molar-refractivity contribution in [1.82, 2.24) is 20.2 Å². The average molecular weight is 391 g/mol. The highest BCUT2D eigenvalue weighted by Crippen LogP contribution is 2.35. The number of nitrogens with zero attached hydrogens (tertiary/aromatic N) is 3. The molecule has 0 unspecified atom stereocenters. The first kappa shape index (κ1) is 20.1. The minimum atomic E-state index is 0.854. The summed E-state index contributed by atoms with van der Waals surface area (Å²) < 4.78 is 2.08. The number of hydrogen-bond acceptors (Lipinski definition) is 3. The summed E-state index contributed by atoms with van der Waals surface area (Å²) in [5, 5.41) is 8.66. The van der Waals surface area contributed by atoms with E-state index < -0.39 is 0 Å². The Kier molecular flexibility index (Phi) is 5.75. The zero-order valence-electron chi connectivity index (χ0n) is 18.5. The van der Waals surface area contributed by atoms with E-state index in [4.69, 9.17) is 5.10 Å². The Balaban J connectivity index is 1.74. The number of nitrogens with one attached hydrogen (secondary N) is 1. The van der Waals surface area contributed by atoms with Gasteiger partial charge < -0.3 is 0 Å². The maximum Gasteiger partial charge on any atom is 0.100 e. The first-order chi connectivity index (χ1) is 14.0. The van der Waals surface area contributed by atoms with Gasteiger partial charge in [0.05, 0.1) is 12.2 Å². The maximum atomic E-state index is 4.98. The molecule has 154 valence electrons. The van der Waals surface area contributed by atoms with Crippen molar-refractivity contribution in [3.63, 3.8) is 0 Å². The third-order valence-corrected chi connectivity index (χ3v) is 6.04. The standard InChI is InChI=1S/C25H34N4/c1-6-12-26-29(15-20-10-11-20)16-23-21-8-7-9-22(25(21)27-28(23)5)24-18(3)13-17(2)14-19(24)4/h7-9,13-14,20,26H,6,10-12,15-16H2,1-5H3. The Morgan fingerprint density at radius 3 is 2.52 bits per heavy atom. The van der Waals surface area contributed by atoms with Gasteiger partial charge in [-0.2, -0.15) is 5.10 Å². The molecule has 1 heterocycles. The lowest BCUT2D eigenvalue weighted by Gasteiger charge is -2.23. The minimum absolute atomic E-state index is 0.854. The third kappa shape index (κ3) is 4.24. The van der Waals surface area contributed by atoms with Gasteiger partial charge in [0.2, 0.25) is 0 Å². The third-order valence-electron chi connectivity index (χ3n) is 6.04. The summed E-state index contributed by atoms with van der Waals surface area (Å²) in [5.41, 5.74) is 12.6. The lowest BCUT2D eigenvalue weighted by Crippen LogP contribution is -2.39. The van der Waals surface area contributed by atoms with E-state index in [1.54, 1.807) is 0 Å². The Bertz CT molecular complexity index is 990. The molecule has 0 amide bonds. The zero-order chi connectivity index (χ0) is 20.5. The number of aryl methyl sites for hydroxylation is 4. The van der Waals surface area contributed by atoms with Crippen LogP contribution in [0.15, 0.2) is 30.3 Å². The van der Waals surface area contributed by atoms with Crippen molar-refractivity contribution in [2.24, 2.45) is 13.0 Å². The molecule has 3 aromatic rings. The van der Waals surface area contributed by atoms with Crippen LogP contribution in [0.2, 0.25) is 0 Å². The molecule has 4 rings (SSSR count). The fourth-order valence-electron chi connectivity index (χ4n) is 4.51. The van der Waals surface area contributed by atoms with Crippen molar-refractivity contribution in [2.75, 3.05) is 13.1 Å². The molecule has 2 aromatic carbocycles. The van der Waals surface area contributed by atoms with E-state index in [-0.39, 0.29) is 0 Å². The fourth-order valence-corrected chi connectivity index (χ4v) is 4.51. The Hall–Kier alpha value is -2.17. The number of benzene rings is 2. The Labute approximate surface area is 174 Å². The number of hydrogen-bond donors (Lipinski definition) is 1. The molecule has 1 N–H and O–H groups in total. The largest absolute Gasteiger partial charge is 0.270 e. The molecule has 29 heavy (non-hydrogen) atoms. The second kappa shape index (κ2) is 8.29. The van der Waals surface area contributed by atoms with Crippen LogP contribution in [0.3, 0.4) is 0 Å². The second-order valence-electron chi connectivity index (χ2n) is 8.78. The molecule has 1 aliphatic carbocycles. The molecular formula is C25H34N4. The van der Waals surface area contributed by atoms with Crippen LogP contribution in [0.25, 0.3) is 22.0 Å². The van der Waals surface area contributed by atoms with Crippen molar-refractivity contribution in [2.45, 2.75) is 53.5 Å². The van der Waals surface area contributed by atoms with Crippen LogP contribution in [-0.2, 0) is 13.6 Å². The van der Waals surface area contributed by atoms with Crippen molar-refractivity contribution in [3.8, 4) is 11.1 Å². The molecule has 0 spiro atoms. The first-order valence-corrected chi connectivity index (χ1v) is 11.0. The highest BCUT2D eigenvalue weighted by atomic mass is 15.5. The molecule has 0 aliphatic heterocycles. The average Bonchev–Trinajstić information content (AvgIpc) is 3.42. The summed E-state index contributed by atoms with van der Waals surface area (Å²) in [4.78, 5) is 0. The van der Waals surface area contributed by atoms with Crippen LogP contribution in [0, 0.1) is 26.7 Å². The molecule has 1 fully saturated rings. The lowest BCUT2D eigenvalue weighted by atomic mass is 9.92. The van der Waals surface area contributed by atoms with Gasteiger partial charge in [-0.1, -0.05) is 42.8 Å². The van der Waals surface area contributed by atoms with Gasteiger partial charge in [0.25, 0.3) is 0 Å². The summed E-state index contributed by atoms with van der Waals surface area (Å²) >= 11 is 0. The van der Waals surface area contributed by atoms with Gasteiger partial charge in [0, 0.05) is 31.1 Å². The van der Waals surface area contributed by atoms with Crippen molar-refractivity contribution in [3.05, 3.63) is 52.7 Å². The summed E-state index contributed by atoms with van der Waals surface area (Å²) in [7, 11) is 2.09. The highest BCUT2D eigenvalue weighted by Gasteiger charge is 2.25. The normalized spacial score (nSPS) is 14.3. The molecule has 4 nitrogen and oxygen atoms in total. The van der Waals surface area contributed by atoms with Crippen LogP contribution in [-0.4, -0.2) is 27.9 Å². The monoisotopic (exact) mass is 390 g/mol. The first-order valence-electron chi connectivity index (χ1n) is 11.0. The zero-order valence-corrected chi connectivity index (χ0v) is 18.5. The Morgan fingerprint density at radius 1 is 1.14 bits per heavy atom. The van der Waals surface area contributed by atoms with E-state index in [9.17, 15) is 0 Å². The molecule has 0 bridgehead atoms. The van der Waals surface area contributed by atoms with Crippen LogP contribution in [0.1, 0.15) is 48.6 Å². The van der Waals surface area contributed by atoms with E-state index in [0.717, 1.165) is 37.5 Å². The van der Waals surface area contributed by atoms with E-state index in [0.29, 0.717) is 0 Å². The van der Waals surface area contributed by atoms with E-state index in [1.807, 2.05) is 0 Å². The number of fused-ring (bicyclic) bond motifs is 1. The van der Waals surface area contributed by atoms with Crippen LogP contribution in [0.5, 0.6) is 0 Å². The molecule has 0 radical (unpaired) electrons. The van der Waals surface area contributed by atoms with Gasteiger partial charge in [-0.25, -0.2) is 5.01 Å². The summed E-state index contributed by atoms with van der Waals surface area (Å²) in [6.07, 6.45) is 3.88. The van der Waals surface area contributed by atoms with Gasteiger partial charge in [-0.05, 0) is 62.6 Å².